The Kier molecular flexibility index (Phi) is 2.09. The van der Waals surface area contributed by atoms with Gasteiger partial charge in [-0.15, -0.1) is 0 Å². The monoisotopic (exact) mass is 129 g/mol. The van der Waals surface area contributed by atoms with Crippen molar-refractivity contribution in [3.8, 4) is 0 Å². The third-order valence-corrected chi connectivity index (χ3v) is 2.24. The van der Waals surface area contributed by atoms with E-state index < -0.39 is 0 Å². The lowest BCUT2D eigenvalue weighted by atomic mass is 9.96. The van der Waals surface area contributed by atoms with Gasteiger partial charge in [-0.3, -0.25) is 4.90 Å². The van der Waals surface area contributed by atoms with Crippen molar-refractivity contribution in [3.63, 3.8) is 0 Å². The first kappa shape index (κ1) is 7.03. The average Bonchev–Trinajstić information content (AvgIpc) is 1.88. The van der Waals surface area contributed by atoms with Gasteiger partial charge in [0.25, 0.3) is 0 Å². The normalized spacial score (nSPS) is 36.3. The molecule has 2 heteroatoms. The summed E-state index contributed by atoms with van der Waals surface area (Å²) in [6.45, 7) is 3.13. The van der Waals surface area contributed by atoms with Gasteiger partial charge in [-0.05, 0) is 20.4 Å². The van der Waals surface area contributed by atoms with Crippen molar-refractivity contribution in [2.24, 2.45) is 0 Å². The molecule has 0 bridgehead atoms. The number of hydrogen-bond donors (Lipinski definition) is 0. The first-order valence-corrected chi connectivity index (χ1v) is 3.46. The highest BCUT2D eigenvalue weighted by atomic mass is 16.5. The van der Waals surface area contributed by atoms with Crippen LogP contribution in [-0.2, 0) is 4.74 Å². The van der Waals surface area contributed by atoms with Crippen LogP contribution >= 0.6 is 0 Å². The lowest BCUT2D eigenvalue weighted by Crippen LogP contribution is -2.53. The van der Waals surface area contributed by atoms with Gasteiger partial charge < -0.3 is 4.74 Å². The van der Waals surface area contributed by atoms with Crippen LogP contribution in [-0.4, -0.2) is 37.7 Å². The predicted octanol–water partition coefficient (Wildman–Crippen LogP) is 0.725. The van der Waals surface area contributed by atoms with Gasteiger partial charge in [-0.2, -0.15) is 0 Å². The second kappa shape index (κ2) is 2.67. The average molecular weight is 129 g/mol. The van der Waals surface area contributed by atoms with Gasteiger partial charge in [0.2, 0.25) is 0 Å². The molecule has 0 spiro atoms. The van der Waals surface area contributed by atoms with Crippen LogP contribution in [0.5, 0.6) is 0 Å². The molecule has 0 saturated carbocycles. The molecule has 9 heavy (non-hydrogen) atoms. The number of likely N-dealkylation sites (N-methyl/N-ethyl adjacent to an activating group) is 1. The van der Waals surface area contributed by atoms with E-state index in [1.165, 1.54) is 6.42 Å². The quantitative estimate of drug-likeness (QED) is 0.545. The summed E-state index contributed by atoms with van der Waals surface area (Å²) in [7, 11) is 3.91. The van der Waals surface area contributed by atoms with Crippen molar-refractivity contribution in [3.05, 3.63) is 0 Å². The molecular formula is C7H15NO. The van der Waals surface area contributed by atoms with Crippen LogP contribution in [0.1, 0.15) is 13.3 Å². The zero-order chi connectivity index (χ0) is 6.85. The highest BCUT2D eigenvalue weighted by Gasteiger charge is 2.30. The topological polar surface area (TPSA) is 12.5 Å². The van der Waals surface area contributed by atoms with Gasteiger partial charge >= 0.3 is 0 Å². The van der Waals surface area contributed by atoms with Gasteiger partial charge in [-0.1, -0.05) is 0 Å². The molecule has 1 heterocycles. The zero-order valence-electron chi connectivity index (χ0n) is 6.42. The highest BCUT2D eigenvalue weighted by molar-refractivity contribution is 4.86. The van der Waals surface area contributed by atoms with Crippen LogP contribution in [0, 0.1) is 0 Å². The Balaban J connectivity index is 2.17. The molecule has 1 aliphatic heterocycles. The van der Waals surface area contributed by atoms with Crippen LogP contribution in [0.4, 0.5) is 0 Å². The first-order valence-electron chi connectivity index (χ1n) is 3.46. The van der Waals surface area contributed by atoms with Crippen molar-refractivity contribution >= 4 is 0 Å². The molecule has 0 aromatic carbocycles. The maximum Gasteiger partial charge on any atom is 0.0618 e. The summed E-state index contributed by atoms with van der Waals surface area (Å²) in [6.07, 6.45) is 1.30. The van der Waals surface area contributed by atoms with E-state index in [0.29, 0.717) is 6.04 Å². The van der Waals surface area contributed by atoms with E-state index >= 15 is 0 Å². The standard InChI is InChI=1S/C7H15NO/c1-6-4-7(5-9-3)8(6)2/h6-7H,4-5H2,1-3H3. The first-order chi connectivity index (χ1) is 4.25. The van der Waals surface area contributed by atoms with Gasteiger partial charge in [-0.25, -0.2) is 0 Å². The van der Waals surface area contributed by atoms with Crippen molar-refractivity contribution in [1.82, 2.24) is 4.90 Å². The maximum atomic E-state index is 5.02. The van der Waals surface area contributed by atoms with Crippen molar-refractivity contribution in [2.75, 3.05) is 20.8 Å². The maximum absolute atomic E-state index is 5.02. The molecule has 1 fully saturated rings. The smallest absolute Gasteiger partial charge is 0.0618 e. The van der Waals surface area contributed by atoms with Crippen molar-refractivity contribution in [2.45, 2.75) is 25.4 Å². The summed E-state index contributed by atoms with van der Waals surface area (Å²) < 4.78 is 5.02. The summed E-state index contributed by atoms with van der Waals surface area (Å²) in [5, 5.41) is 0. The third-order valence-electron chi connectivity index (χ3n) is 2.24. The van der Waals surface area contributed by atoms with E-state index in [4.69, 9.17) is 4.74 Å². The van der Waals surface area contributed by atoms with Crippen LogP contribution in [0.15, 0.2) is 0 Å². The highest BCUT2D eigenvalue weighted by Crippen LogP contribution is 2.22. The number of nitrogens with zero attached hydrogens (tertiary/aromatic N) is 1. The summed E-state index contributed by atoms with van der Waals surface area (Å²) >= 11 is 0. The fraction of sp³-hybridized carbons (Fsp3) is 1.00. The number of hydrogen-bond acceptors (Lipinski definition) is 2. The molecule has 0 aliphatic carbocycles. The van der Waals surface area contributed by atoms with Crippen LogP contribution < -0.4 is 0 Å². The van der Waals surface area contributed by atoms with Crippen LogP contribution in [0.2, 0.25) is 0 Å². The number of likely N-dealkylation sites (tertiary alicyclic amines) is 1. The molecule has 2 atom stereocenters. The SMILES string of the molecule is COCC1CC(C)N1C. The van der Waals surface area contributed by atoms with E-state index in [1.54, 1.807) is 7.11 Å². The Labute approximate surface area is 56.8 Å². The molecule has 1 rings (SSSR count). The predicted molar refractivity (Wildman–Crippen MR) is 37.5 cm³/mol. The van der Waals surface area contributed by atoms with E-state index in [-0.39, 0.29) is 0 Å². The number of methoxy groups -OCH3 is 1. The second-order valence-electron chi connectivity index (χ2n) is 2.86. The van der Waals surface area contributed by atoms with E-state index in [2.05, 4.69) is 18.9 Å². The molecule has 0 aromatic heterocycles. The van der Waals surface area contributed by atoms with Gasteiger partial charge in [0.15, 0.2) is 0 Å². The van der Waals surface area contributed by atoms with E-state index in [0.717, 1.165) is 12.6 Å². The van der Waals surface area contributed by atoms with Crippen LogP contribution in [0.3, 0.4) is 0 Å². The Hall–Kier alpha value is -0.0800. The minimum Gasteiger partial charge on any atom is -0.383 e. The van der Waals surface area contributed by atoms with Gasteiger partial charge in [0.1, 0.15) is 0 Å². The molecule has 0 radical (unpaired) electrons. The van der Waals surface area contributed by atoms with Gasteiger partial charge in [0.05, 0.1) is 6.61 Å². The zero-order valence-corrected chi connectivity index (χ0v) is 6.42. The van der Waals surface area contributed by atoms with Crippen molar-refractivity contribution in [1.29, 1.82) is 0 Å². The number of ether oxygens (including phenoxy) is 1. The lowest BCUT2D eigenvalue weighted by molar-refractivity contribution is 0.000783. The Morgan fingerprint density at radius 1 is 1.67 bits per heavy atom. The second-order valence-corrected chi connectivity index (χ2v) is 2.86. The summed E-state index contributed by atoms with van der Waals surface area (Å²) in [4.78, 5) is 2.35. The summed E-state index contributed by atoms with van der Waals surface area (Å²) in [5.74, 6) is 0. The van der Waals surface area contributed by atoms with Crippen molar-refractivity contribution < 1.29 is 4.74 Å². The minimum absolute atomic E-state index is 0.685. The third kappa shape index (κ3) is 1.25. The minimum atomic E-state index is 0.685. The molecule has 0 amide bonds. The Bertz CT molecular complexity index is 92.9. The molecular weight excluding hydrogens is 114 g/mol. The van der Waals surface area contributed by atoms with Gasteiger partial charge in [0, 0.05) is 19.2 Å². The molecule has 1 aliphatic rings. The molecule has 0 aromatic rings. The summed E-state index contributed by atoms with van der Waals surface area (Å²) in [5.41, 5.74) is 0. The molecule has 2 nitrogen and oxygen atoms in total. The Morgan fingerprint density at radius 3 is 2.67 bits per heavy atom. The Morgan fingerprint density at radius 2 is 2.33 bits per heavy atom. The summed E-state index contributed by atoms with van der Waals surface area (Å²) in [6, 6.07) is 1.45. The molecule has 54 valence electrons. The fourth-order valence-corrected chi connectivity index (χ4v) is 1.33. The van der Waals surface area contributed by atoms with E-state index in [1.807, 2.05) is 0 Å². The molecule has 2 unspecified atom stereocenters. The lowest BCUT2D eigenvalue weighted by Gasteiger charge is -2.44. The molecule has 0 N–H and O–H groups in total. The largest absolute Gasteiger partial charge is 0.383 e. The molecule has 1 saturated heterocycles. The fourth-order valence-electron chi connectivity index (χ4n) is 1.33. The van der Waals surface area contributed by atoms with E-state index in [9.17, 15) is 0 Å². The number of rotatable bonds is 2. The van der Waals surface area contributed by atoms with Crippen LogP contribution in [0.25, 0.3) is 0 Å².